The average Bonchev–Trinajstić information content (AvgIpc) is 3.28. The summed E-state index contributed by atoms with van der Waals surface area (Å²) >= 11 is 7.46. The van der Waals surface area contributed by atoms with Crippen molar-refractivity contribution in [1.82, 2.24) is 14.3 Å². The molecule has 4 aromatic rings. The number of fused-ring (bicyclic) bond motifs is 2. The highest BCUT2D eigenvalue weighted by Crippen LogP contribution is 2.43. The summed E-state index contributed by atoms with van der Waals surface area (Å²) in [6, 6.07) is 13.8. The molecule has 0 saturated heterocycles. The zero-order valence-corrected chi connectivity index (χ0v) is 18.0. The Bertz CT molecular complexity index is 1220. The van der Waals surface area contributed by atoms with Crippen molar-refractivity contribution in [1.29, 1.82) is 0 Å². The molecule has 0 aliphatic heterocycles. The first kappa shape index (κ1) is 19.6. The van der Waals surface area contributed by atoms with E-state index in [2.05, 4.69) is 39.5 Å². The van der Waals surface area contributed by atoms with Gasteiger partial charge in [0.05, 0.1) is 27.9 Å². The number of aliphatic hydroxyl groups is 1. The predicted molar refractivity (Wildman–Crippen MR) is 121 cm³/mol. The van der Waals surface area contributed by atoms with E-state index in [1.807, 2.05) is 24.3 Å². The molecule has 2 aromatic heterocycles. The fraction of sp³-hybridized carbons (Fsp3) is 0.261. The number of nitrogens with two attached hydrogens (primary N) is 1. The highest BCUT2D eigenvalue weighted by atomic mass is 35.5. The van der Waals surface area contributed by atoms with Gasteiger partial charge in [-0.25, -0.2) is 9.97 Å². The van der Waals surface area contributed by atoms with E-state index in [9.17, 15) is 5.11 Å². The maximum absolute atomic E-state index is 10.3. The van der Waals surface area contributed by atoms with Gasteiger partial charge in [0.1, 0.15) is 6.33 Å². The number of hydrogen-bond acceptors (Lipinski definition) is 6. The molecule has 7 heteroatoms. The molecule has 0 bridgehead atoms. The summed E-state index contributed by atoms with van der Waals surface area (Å²) in [7, 11) is 0. The molecule has 3 atom stereocenters. The van der Waals surface area contributed by atoms with Crippen LogP contribution in [0.2, 0.25) is 5.02 Å². The van der Waals surface area contributed by atoms with Crippen LogP contribution in [0.1, 0.15) is 53.9 Å². The van der Waals surface area contributed by atoms with Gasteiger partial charge in [-0.3, -0.25) is 0 Å². The van der Waals surface area contributed by atoms with Gasteiger partial charge in [0, 0.05) is 34.0 Å². The molecule has 1 aliphatic carbocycles. The third kappa shape index (κ3) is 3.40. The molecule has 0 fully saturated rings. The summed E-state index contributed by atoms with van der Waals surface area (Å²) in [6.45, 7) is 2.11. The van der Waals surface area contributed by atoms with Crippen LogP contribution in [-0.4, -0.2) is 19.4 Å². The third-order valence-electron chi connectivity index (χ3n) is 5.83. The molecule has 0 saturated carbocycles. The van der Waals surface area contributed by atoms with Gasteiger partial charge in [-0.15, -0.1) is 0 Å². The van der Waals surface area contributed by atoms with Crippen LogP contribution in [0.15, 0.2) is 48.8 Å². The second kappa shape index (κ2) is 7.71. The monoisotopic (exact) mass is 436 g/mol. The van der Waals surface area contributed by atoms with Crippen LogP contribution >= 0.6 is 23.1 Å². The van der Waals surface area contributed by atoms with Gasteiger partial charge >= 0.3 is 0 Å². The number of aromatic nitrogens is 3. The van der Waals surface area contributed by atoms with Crippen molar-refractivity contribution in [3.05, 3.63) is 76.3 Å². The number of rotatable bonds is 4. The minimum Gasteiger partial charge on any atom is -0.387 e. The Morgan fingerprint density at radius 1 is 1.20 bits per heavy atom. The van der Waals surface area contributed by atoms with Gasteiger partial charge in [0.15, 0.2) is 0 Å². The fourth-order valence-electron chi connectivity index (χ4n) is 4.28. The van der Waals surface area contributed by atoms with Crippen LogP contribution in [0.5, 0.6) is 0 Å². The first-order valence-corrected chi connectivity index (χ1v) is 11.1. The van der Waals surface area contributed by atoms with Crippen LogP contribution in [-0.2, 0) is 6.42 Å². The largest absolute Gasteiger partial charge is 0.387 e. The van der Waals surface area contributed by atoms with E-state index in [1.165, 1.54) is 11.5 Å². The lowest BCUT2D eigenvalue weighted by atomic mass is 9.97. The van der Waals surface area contributed by atoms with E-state index in [-0.39, 0.29) is 12.0 Å². The van der Waals surface area contributed by atoms with E-state index in [1.54, 1.807) is 6.33 Å². The molecule has 2 aromatic carbocycles. The van der Waals surface area contributed by atoms with Gasteiger partial charge < -0.3 is 10.8 Å². The summed E-state index contributed by atoms with van der Waals surface area (Å²) in [5.74, 6) is 0.233. The fourth-order valence-corrected chi connectivity index (χ4v) is 5.25. The Morgan fingerprint density at radius 2 is 2.00 bits per heavy atom. The van der Waals surface area contributed by atoms with E-state index < -0.39 is 6.10 Å². The number of hydrogen-bond donors (Lipinski definition) is 2. The highest BCUT2D eigenvalue weighted by molar-refractivity contribution is 7.13. The van der Waals surface area contributed by atoms with E-state index in [0.29, 0.717) is 17.9 Å². The highest BCUT2D eigenvalue weighted by Gasteiger charge is 2.31. The van der Waals surface area contributed by atoms with E-state index >= 15 is 0 Å². The van der Waals surface area contributed by atoms with Crippen molar-refractivity contribution in [2.45, 2.75) is 37.8 Å². The number of nitrogens with zero attached hydrogens (tertiary/aromatic N) is 3. The van der Waals surface area contributed by atoms with Crippen LogP contribution in [0.4, 0.5) is 0 Å². The van der Waals surface area contributed by atoms with Crippen LogP contribution in [0.3, 0.4) is 0 Å². The Hall–Kier alpha value is -2.38. The van der Waals surface area contributed by atoms with Gasteiger partial charge in [-0.05, 0) is 47.6 Å². The Balaban J connectivity index is 1.47. The van der Waals surface area contributed by atoms with E-state index in [0.717, 1.165) is 43.9 Å². The molecular weight excluding hydrogens is 416 g/mol. The number of benzene rings is 2. The summed E-state index contributed by atoms with van der Waals surface area (Å²) in [5, 5.41) is 12.1. The molecule has 30 heavy (non-hydrogen) atoms. The standard InChI is InChI=1S/C23H21ClN4OS/c1-12-8-19(29)23-21(12)22(26-11-27-23)14-4-7-16-18(28-30-20(16)9-14)10-17(25)13-2-5-15(24)6-3-13/h2-7,9,11-12,17,19,29H,8,10,25H2,1H3/t12-,17?,19-/m1/s1. The quantitative estimate of drug-likeness (QED) is 0.459. The van der Waals surface area contributed by atoms with Gasteiger partial charge in [0.25, 0.3) is 0 Å². The second-order valence-corrected chi connectivity index (χ2v) is 9.12. The summed E-state index contributed by atoms with van der Waals surface area (Å²) < 4.78 is 5.78. The molecule has 1 unspecified atom stereocenters. The zero-order chi connectivity index (χ0) is 20.8. The second-order valence-electron chi connectivity index (χ2n) is 7.88. The molecule has 5 nitrogen and oxygen atoms in total. The first-order valence-electron chi connectivity index (χ1n) is 9.94. The normalized spacial score (nSPS) is 19.2. The molecule has 2 heterocycles. The molecule has 1 aliphatic rings. The van der Waals surface area contributed by atoms with Crippen molar-refractivity contribution in [3.63, 3.8) is 0 Å². The van der Waals surface area contributed by atoms with Crippen molar-refractivity contribution in [2.75, 3.05) is 0 Å². The van der Waals surface area contributed by atoms with Crippen molar-refractivity contribution in [2.24, 2.45) is 5.73 Å². The smallest absolute Gasteiger partial charge is 0.116 e. The molecule has 0 spiro atoms. The average molecular weight is 437 g/mol. The predicted octanol–water partition coefficient (Wildman–Crippen LogP) is 5.19. The zero-order valence-electron chi connectivity index (χ0n) is 16.4. The summed E-state index contributed by atoms with van der Waals surface area (Å²) in [6.07, 6.45) is 2.39. The third-order valence-corrected chi connectivity index (χ3v) is 6.93. The molecule has 152 valence electrons. The molecule has 5 rings (SSSR count). The van der Waals surface area contributed by atoms with Crippen LogP contribution in [0, 0.1) is 0 Å². The topological polar surface area (TPSA) is 84.9 Å². The molecule has 0 amide bonds. The lowest BCUT2D eigenvalue weighted by molar-refractivity contribution is 0.170. The lowest BCUT2D eigenvalue weighted by Crippen LogP contribution is -2.13. The minimum absolute atomic E-state index is 0.139. The van der Waals surface area contributed by atoms with Gasteiger partial charge in [-0.1, -0.05) is 42.8 Å². The van der Waals surface area contributed by atoms with Crippen LogP contribution < -0.4 is 5.73 Å². The van der Waals surface area contributed by atoms with E-state index in [4.69, 9.17) is 17.3 Å². The number of aliphatic hydroxyl groups excluding tert-OH is 1. The van der Waals surface area contributed by atoms with Crippen LogP contribution in [0.25, 0.3) is 21.3 Å². The van der Waals surface area contributed by atoms with Crippen molar-refractivity contribution < 1.29 is 5.11 Å². The summed E-state index contributed by atoms with van der Waals surface area (Å²) in [4.78, 5) is 8.86. The maximum atomic E-state index is 10.3. The lowest BCUT2D eigenvalue weighted by Gasteiger charge is -2.12. The molecule has 0 radical (unpaired) electrons. The molecular formula is C23H21ClN4OS. The number of halogens is 1. The Labute approximate surface area is 183 Å². The SMILES string of the molecule is C[C@@H]1C[C@@H](O)c2ncnc(-c3ccc4c(CC(N)c5ccc(Cl)cc5)nsc4c3)c21. The molecule has 3 N–H and O–H groups in total. The Morgan fingerprint density at radius 3 is 2.80 bits per heavy atom. The maximum Gasteiger partial charge on any atom is 0.116 e. The van der Waals surface area contributed by atoms with Crippen molar-refractivity contribution >= 4 is 33.2 Å². The van der Waals surface area contributed by atoms with Gasteiger partial charge in [0.2, 0.25) is 0 Å². The van der Waals surface area contributed by atoms with Crippen molar-refractivity contribution in [3.8, 4) is 11.3 Å². The minimum atomic E-state index is -0.509. The summed E-state index contributed by atoms with van der Waals surface area (Å²) in [5.41, 5.74) is 12.2. The Kier molecular flexibility index (Phi) is 5.03. The first-order chi connectivity index (χ1) is 14.5. The van der Waals surface area contributed by atoms with Gasteiger partial charge in [-0.2, -0.15) is 4.37 Å².